The maximum Gasteiger partial charge on any atom is 0.325 e. The molecular weight excluding hydrogens is 344 g/mol. The summed E-state index contributed by atoms with van der Waals surface area (Å²) in [5, 5.41) is 6.72. The van der Waals surface area contributed by atoms with Gasteiger partial charge in [-0.15, -0.1) is 0 Å². The van der Waals surface area contributed by atoms with Crippen LogP contribution in [0.2, 0.25) is 0 Å². The van der Waals surface area contributed by atoms with E-state index in [1.54, 1.807) is 6.92 Å². The Morgan fingerprint density at radius 3 is 2.56 bits per heavy atom. The molecule has 0 saturated carbocycles. The Kier molecular flexibility index (Phi) is 5.30. The van der Waals surface area contributed by atoms with E-state index < -0.39 is 11.6 Å². The monoisotopic (exact) mass is 370 g/mol. The van der Waals surface area contributed by atoms with E-state index >= 15 is 0 Å². The predicted octanol–water partition coefficient (Wildman–Crippen LogP) is 3.19. The molecule has 0 spiro atoms. The zero-order valence-electron chi connectivity index (χ0n) is 16.3. The molecule has 0 bridgehead atoms. The Balaban J connectivity index is 1.76. The second-order valence-corrected chi connectivity index (χ2v) is 7.60. The average Bonchev–Trinajstić information content (AvgIpc) is 3.14. The molecule has 2 heterocycles. The molecule has 0 aliphatic carbocycles. The minimum atomic E-state index is -1.09. The van der Waals surface area contributed by atoms with Gasteiger partial charge in [0, 0.05) is 6.42 Å². The van der Waals surface area contributed by atoms with Crippen molar-refractivity contribution in [3.63, 3.8) is 0 Å². The Labute approximate surface area is 159 Å². The van der Waals surface area contributed by atoms with Crippen molar-refractivity contribution in [2.24, 2.45) is 5.92 Å². The van der Waals surface area contributed by atoms with Crippen LogP contribution in [0, 0.1) is 5.92 Å². The molecule has 1 atom stereocenters. The maximum absolute atomic E-state index is 13.0. The SMILES string of the molecule is CCCc1ccc(C2(C)NC(=O)N(Cc3nc(CC(C)C)no3)C2=O)cc1. The number of nitrogens with one attached hydrogen (secondary N) is 1. The summed E-state index contributed by atoms with van der Waals surface area (Å²) in [6.07, 6.45) is 2.73. The molecule has 1 aromatic carbocycles. The lowest BCUT2D eigenvalue weighted by Crippen LogP contribution is -2.40. The summed E-state index contributed by atoms with van der Waals surface area (Å²) >= 11 is 0. The molecule has 3 rings (SSSR count). The number of rotatable bonds is 7. The van der Waals surface area contributed by atoms with Crippen molar-refractivity contribution in [1.82, 2.24) is 20.4 Å². The minimum Gasteiger partial charge on any atom is -0.337 e. The number of carbonyl (C=O) groups excluding carboxylic acids is 2. The molecule has 144 valence electrons. The van der Waals surface area contributed by atoms with Crippen molar-refractivity contribution >= 4 is 11.9 Å². The molecule has 3 amide bonds. The normalized spacial score (nSPS) is 19.8. The Morgan fingerprint density at radius 2 is 1.93 bits per heavy atom. The number of amides is 3. The summed E-state index contributed by atoms with van der Waals surface area (Å²) in [7, 11) is 0. The number of urea groups is 1. The maximum atomic E-state index is 13.0. The van der Waals surface area contributed by atoms with Gasteiger partial charge >= 0.3 is 6.03 Å². The van der Waals surface area contributed by atoms with Crippen LogP contribution in [0.5, 0.6) is 0 Å². The first kappa shape index (κ1) is 19.1. The Hall–Kier alpha value is -2.70. The fourth-order valence-electron chi connectivity index (χ4n) is 3.27. The van der Waals surface area contributed by atoms with Crippen molar-refractivity contribution in [1.29, 1.82) is 0 Å². The van der Waals surface area contributed by atoms with Gasteiger partial charge in [-0.3, -0.25) is 9.69 Å². The highest BCUT2D eigenvalue weighted by atomic mass is 16.5. The summed E-state index contributed by atoms with van der Waals surface area (Å²) in [6.45, 7) is 7.94. The molecule has 1 aliphatic heterocycles. The van der Waals surface area contributed by atoms with E-state index in [2.05, 4.69) is 36.2 Å². The average molecular weight is 370 g/mol. The number of hydrogen-bond acceptors (Lipinski definition) is 5. The number of carbonyl (C=O) groups is 2. The third kappa shape index (κ3) is 3.86. The molecular formula is C20H26N4O3. The highest BCUT2D eigenvalue weighted by Crippen LogP contribution is 2.30. The smallest absolute Gasteiger partial charge is 0.325 e. The van der Waals surface area contributed by atoms with Gasteiger partial charge in [0.15, 0.2) is 5.82 Å². The highest BCUT2D eigenvalue weighted by Gasteiger charge is 2.49. The molecule has 7 nitrogen and oxygen atoms in total. The summed E-state index contributed by atoms with van der Waals surface area (Å²) < 4.78 is 5.21. The zero-order valence-corrected chi connectivity index (χ0v) is 16.3. The number of hydrogen-bond donors (Lipinski definition) is 1. The second-order valence-electron chi connectivity index (χ2n) is 7.60. The van der Waals surface area contributed by atoms with Gasteiger partial charge in [0.25, 0.3) is 5.91 Å². The molecule has 1 unspecified atom stereocenters. The molecule has 1 N–H and O–H groups in total. The van der Waals surface area contributed by atoms with Crippen molar-refractivity contribution in [2.75, 3.05) is 0 Å². The first-order valence-corrected chi connectivity index (χ1v) is 9.38. The topological polar surface area (TPSA) is 88.3 Å². The first-order valence-electron chi connectivity index (χ1n) is 9.38. The lowest BCUT2D eigenvalue weighted by molar-refractivity contribution is -0.131. The summed E-state index contributed by atoms with van der Waals surface area (Å²) in [5.74, 6) is 0.920. The number of benzene rings is 1. The Bertz CT molecular complexity index is 828. The van der Waals surface area contributed by atoms with E-state index in [1.165, 1.54) is 5.56 Å². The van der Waals surface area contributed by atoms with Crippen molar-refractivity contribution in [2.45, 2.75) is 59.0 Å². The Morgan fingerprint density at radius 1 is 1.22 bits per heavy atom. The third-order valence-electron chi connectivity index (χ3n) is 4.74. The van der Waals surface area contributed by atoms with Crippen LogP contribution in [0.1, 0.15) is 57.0 Å². The summed E-state index contributed by atoms with van der Waals surface area (Å²) in [4.78, 5) is 30.8. The van der Waals surface area contributed by atoms with E-state index in [4.69, 9.17) is 4.52 Å². The largest absolute Gasteiger partial charge is 0.337 e. The predicted molar refractivity (Wildman–Crippen MR) is 99.7 cm³/mol. The quantitative estimate of drug-likeness (QED) is 0.756. The molecule has 2 aromatic rings. The molecule has 1 saturated heterocycles. The lowest BCUT2D eigenvalue weighted by Gasteiger charge is -2.22. The van der Waals surface area contributed by atoms with Gasteiger partial charge in [0.05, 0.1) is 0 Å². The van der Waals surface area contributed by atoms with Gasteiger partial charge in [-0.25, -0.2) is 4.79 Å². The first-order chi connectivity index (χ1) is 12.8. The van der Waals surface area contributed by atoms with Crippen LogP contribution < -0.4 is 5.32 Å². The van der Waals surface area contributed by atoms with Gasteiger partial charge < -0.3 is 9.84 Å². The standard InChI is InChI=1S/C20H26N4O3/c1-5-6-14-7-9-15(10-8-14)20(4)18(25)24(19(26)22-20)12-17-21-16(23-27-17)11-13(2)3/h7-10,13H,5-6,11-12H2,1-4H3,(H,22,26). The van der Waals surface area contributed by atoms with Crippen LogP contribution >= 0.6 is 0 Å². The van der Waals surface area contributed by atoms with Gasteiger partial charge in [-0.05, 0) is 30.4 Å². The molecule has 1 aromatic heterocycles. The van der Waals surface area contributed by atoms with Crippen LogP contribution in [0.25, 0.3) is 0 Å². The third-order valence-corrected chi connectivity index (χ3v) is 4.74. The highest BCUT2D eigenvalue weighted by molar-refractivity contribution is 6.07. The lowest BCUT2D eigenvalue weighted by atomic mass is 9.91. The van der Waals surface area contributed by atoms with Crippen LogP contribution in [0.3, 0.4) is 0 Å². The molecule has 1 fully saturated rings. The van der Waals surface area contributed by atoms with Crippen LogP contribution in [0.4, 0.5) is 4.79 Å². The van der Waals surface area contributed by atoms with E-state index in [0.717, 1.165) is 23.3 Å². The molecule has 27 heavy (non-hydrogen) atoms. The van der Waals surface area contributed by atoms with Gasteiger partial charge in [-0.1, -0.05) is 56.6 Å². The van der Waals surface area contributed by atoms with Gasteiger partial charge in [-0.2, -0.15) is 4.98 Å². The number of aryl methyl sites for hydroxylation is 1. The number of nitrogens with zero attached hydrogens (tertiary/aromatic N) is 3. The molecule has 7 heteroatoms. The van der Waals surface area contributed by atoms with E-state index in [9.17, 15) is 9.59 Å². The fraction of sp³-hybridized carbons (Fsp3) is 0.500. The van der Waals surface area contributed by atoms with Crippen molar-refractivity contribution in [3.05, 3.63) is 47.1 Å². The molecule has 1 aliphatic rings. The van der Waals surface area contributed by atoms with Gasteiger partial charge in [0.1, 0.15) is 12.1 Å². The van der Waals surface area contributed by atoms with Crippen molar-refractivity contribution in [3.8, 4) is 0 Å². The fourth-order valence-corrected chi connectivity index (χ4v) is 3.27. The van der Waals surface area contributed by atoms with Crippen LogP contribution in [-0.2, 0) is 29.7 Å². The van der Waals surface area contributed by atoms with Gasteiger partial charge in [0.2, 0.25) is 5.89 Å². The van der Waals surface area contributed by atoms with E-state index in [-0.39, 0.29) is 18.3 Å². The van der Waals surface area contributed by atoms with E-state index in [1.807, 2.05) is 24.3 Å². The van der Waals surface area contributed by atoms with Crippen LogP contribution in [0.15, 0.2) is 28.8 Å². The molecule has 0 radical (unpaired) electrons. The summed E-state index contributed by atoms with van der Waals surface area (Å²) in [5.41, 5.74) is 0.874. The second kappa shape index (κ2) is 7.50. The van der Waals surface area contributed by atoms with Crippen molar-refractivity contribution < 1.29 is 14.1 Å². The minimum absolute atomic E-state index is 0.0285. The van der Waals surface area contributed by atoms with Crippen LogP contribution in [-0.4, -0.2) is 27.0 Å². The van der Waals surface area contributed by atoms with E-state index in [0.29, 0.717) is 18.2 Å². The zero-order chi connectivity index (χ0) is 19.6. The number of imide groups is 1. The number of aromatic nitrogens is 2. The summed E-state index contributed by atoms with van der Waals surface area (Å²) in [6, 6.07) is 7.36.